The smallest absolute Gasteiger partial charge is 0.119 e. The van der Waals surface area contributed by atoms with Gasteiger partial charge in [-0.2, -0.15) is 0 Å². The zero-order valence-corrected chi connectivity index (χ0v) is 13.3. The van der Waals surface area contributed by atoms with Gasteiger partial charge in [0.2, 0.25) is 0 Å². The molecule has 21 heavy (non-hydrogen) atoms. The molecule has 0 aromatic heterocycles. The first-order chi connectivity index (χ1) is 10.2. The summed E-state index contributed by atoms with van der Waals surface area (Å²) >= 11 is 0. The molecule has 4 unspecified atom stereocenters. The Balaban J connectivity index is 1.63. The lowest BCUT2D eigenvalue weighted by atomic mass is 9.59. The molecule has 1 saturated carbocycles. The Hall–Kier alpha value is -1.24. The summed E-state index contributed by atoms with van der Waals surface area (Å²) in [7, 11) is 1.77. The molecule has 1 nitrogen and oxygen atoms in total. The zero-order chi connectivity index (χ0) is 14.4. The van der Waals surface area contributed by atoms with E-state index in [1.54, 1.807) is 12.7 Å². The van der Waals surface area contributed by atoms with Crippen LogP contribution in [0.5, 0.6) is 5.75 Å². The van der Waals surface area contributed by atoms with Crippen LogP contribution in [0.2, 0.25) is 0 Å². The standard InChI is InChI=1S/C20H26O/c1-20-10-3-4-19(20)18-8-6-15-13-17(21-2)7-5-14(15)12-16(18)9-11-20/h3,5,7,10,13,16,18-19H,4,6,8-9,11-12H2,1-2H3. The van der Waals surface area contributed by atoms with Gasteiger partial charge in [-0.25, -0.2) is 0 Å². The summed E-state index contributed by atoms with van der Waals surface area (Å²) in [5, 5.41) is 0. The van der Waals surface area contributed by atoms with Crippen LogP contribution in [0.15, 0.2) is 30.4 Å². The normalized spacial score (nSPS) is 37.3. The maximum absolute atomic E-state index is 5.42. The van der Waals surface area contributed by atoms with Crippen molar-refractivity contribution >= 4 is 0 Å². The highest BCUT2D eigenvalue weighted by Crippen LogP contribution is 2.55. The van der Waals surface area contributed by atoms with Crippen molar-refractivity contribution in [1.29, 1.82) is 0 Å². The number of allylic oxidation sites excluding steroid dienone is 2. The molecule has 0 radical (unpaired) electrons. The van der Waals surface area contributed by atoms with Crippen LogP contribution < -0.4 is 4.74 Å². The summed E-state index contributed by atoms with van der Waals surface area (Å²) in [5.41, 5.74) is 3.62. The molecular formula is C20H26O. The van der Waals surface area contributed by atoms with Crippen molar-refractivity contribution in [3.63, 3.8) is 0 Å². The van der Waals surface area contributed by atoms with E-state index in [0.29, 0.717) is 5.41 Å². The summed E-state index contributed by atoms with van der Waals surface area (Å²) in [6.45, 7) is 2.50. The van der Waals surface area contributed by atoms with E-state index in [1.807, 2.05) is 0 Å². The molecule has 0 aliphatic heterocycles. The van der Waals surface area contributed by atoms with E-state index in [4.69, 9.17) is 4.74 Å². The molecule has 3 aliphatic rings. The lowest BCUT2D eigenvalue weighted by Gasteiger charge is -2.46. The minimum absolute atomic E-state index is 0.495. The van der Waals surface area contributed by atoms with Gasteiger partial charge in [-0.05, 0) is 85.0 Å². The summed E-state index contributed by atoms with van der Waals surface area (Å²) in [5.74, 6) is 3.73. The summed E-state index contributed by atoms with van der Waals surface area (Å²) in [6, 6.07) is 6.74. The van der Waals surface area contributed by atoms with E-state index < -0.39 is 0 Å². The molecule has 0 heterocycles. The molecule has 1 fully saturated rings. The Kier molecular flexibility index (Phi) is 3.13. The van der Waals surface area contributed by atoms with Gasteiger partial charge >= 0.3 is 0 Å². The average Bonchev–Trinajstić information content (AvgIpc) is 2.79. The SMILES string of the molecule is COc1ccc2c(c1)CCC1C(CCC3(C)C=CCC13)C2. The van der Waals surface area contributed by atoms with E-state index in [-0.39, 0.29) is 0 Å². The maximum Gasteiger partial charge on any atom is 0.119 e. The second-order valence-electron chi connectivity index (χ2n) is 7.59. The van der Waals surface area contributed by atoms with Crippen molar-refractivity contribution in [3.05, 3.63) is 41.5 Å². The predicted octanol–water partition coefficient (Wildman–Crippen LogP) is 4.79. The van der Waals surface area contributed by atoms with E-state index in [1.165, 1.54) is 44.1 Å². The molecule has 1 aromatic carbocycles. The largest absolute Gasteiger partial charge is 0.497 e. The van der Waals surface area contributed by atoms with Gasteiger partial charge in [0.15, 0.2) is 0 Å². The molecule has 1 heteroatoms. The quantitative estimate of drug-likeness (QED) is 0.673. The first-order valence-electron chi connectivity index (χ1n) is 8.53. The monoisotopic (exact) mass is 282 g/mol. The summed E-state index contributed by atoms with van der Waals surface area (Å²) in [6.07, 6.45) is 13.0. The third-order valence-electron chi connectivity index (χ3n) is 6.55. The number of aryl methyl sites for hydroxylation is 1. The van der Waals surface area contributed by atoms with Crippen LogP contribution in [0.3, 0.4) is 0 Å². The fourth-order valence-corrected chi connectivity index (χ4v) is 5.30. The lowest BCUT2D eigenvalue weighted by Crippen LogP contribution is -2.38. The molecule has 0 bridgehead atoms. The minimum Gasteiger partial charge on any atom is -0.497 e. The molecule has 4 rings (SSSR count). The molecule has 4 atom stereocenters. The van der Waals surface area contributed by atoms with Crippen molar-refractivity contribution in [2.45, 2.75) is 45.4 Å². The van der Waals surface area contributed by atoms with Crippen LogP contribution in [-0.2, 0) is 12.8 Å². The highest BCUT2D eigenvalue weighted by molar-refractivity contribution is 5.37. The van der Waals surface area contributed by atoms with E-state index >= 15 is 0 Å². The highest BCUT2D eigenvalue weighted by Gasteiger charge is 2.46. The number of hydrogen-bond acceptors (Lipinski definition) is 1. The minimum atomic E-state index is 0.495. The van der Waals surface area contributed by atoms with Gasteiger partial charge in [0, 0.05) is 0 Å². The number of rotatable bonds is 1. The zero-order valence-electron chi connectivity index (χ0n) is 13.3. The van der Waals surface area contributed by atoms with Crippen LogP contribution in [0.1, 0.15) is 43.7 Å². The second kappa shape index (κ2) is 4.90. The van der Waals surface area contributed by atoms with Gasteiger partial charge < -0.3 is 4.74 Å². The van der Waals surface area contributed by atoms with Gasteiger partial charge in [-0.3, -0.25) is 0 Å². The molecule has 3 aliphatic carbocycles. The molecule has 0 saturated heterocycles. The van der Waals surface area contributed by atoms with Gasteiger partial charge in [0.05, 0.1) is 7.11 Å². The molecule has 112 valence electrons. The van der Waals surface area contributed by atoms with Gasteiger partial charge in [-0.15, -0.1) is 0 Å². The second-order valence-corrected chi connectivity index (χ2v) is 7.59. The summed E-state index contributed by atoms with van der Waals surface area (Å²) < 4.78 is 5.42. The number of benzene rings is 1. The average molecular weight is 282 g/mol. The number of fused-ring (bicyclic) bond motifs is 4. The lowest BCUT2D eigenvalue weighted by molar-refractivity contribution is 0.0582. The molecule has 0 spiro atoms. The fourth-order valence-electron chi connectivity index (χ4n) is 5.30. The van der Waals surface area contributed by atoms with E-state index in [9.17, 15) is 0 Å². The van der Waals surface area contributed by atoms with E-state index in [0.717, 1.165) is 23.5 Å². The number of hydrogen-bond donors (Lipinski definition) is 0. The van der Waals surface area contributed by atoms with Crippen molar-refractivity contribution in [2.75, 3.05) is 7.11 Å². The van der Waals surface area contributed by atoms with Gasteiger partial charge in [-0.1, -0.05) is 25.1 Å². The van der Waals surface area contributed by atoms with Crippen LogP contribution in [0.25, 0.3) is 0 Å². The Labute approximate surface area is 128 Å². The molecule has 0 amide bonds. The molecular weight excluding hydrogens is 256 g/mol. The maximum atomic E-state index is 5.42. The first kappa shape index (κ1) is 13.4. The Bertz CT molecular complexity index is 573. The third-order valence-corrected chi connectivity index (χ3v) is 6.55. The predicted molar refractivity (Wildman–Crippen MR) is 86.6 cm³/mol. The van der Waals surface area contributed by atoms with Crippen molar-refractivity contribution in [3.8, 4) is 5.75 Å². The number of methoxy groups -OCH3 is 1. The third kappa shape index (κ3) is 2.13. The van der Waals surface area contributed by atoms with Crippen molar-refractivity contribution in [2.24, 2.45) is 23.2 Å². The summed E-state index contributed by atoms with van der Waals surface area (Å²) in [4.78, 5) is 0. The Morgan fingerprint density at radius 2 is 2.10 bits per heavy atom. The van der Waals surface area contributed by atoms with Gasteiger partial charge in [0.1, 0.15) is 5.75 Å². The van der Waals surface area contributed by atoms with Gasteiger partial charge in [0.25, 0.3) is 0 Å². The van der Waals surface area contributed by atoms with E-state index in [2.05, 4.69) is 37.3 Å². The Morgan fingerprint density at radius 3 is 2.95 bits per heavy atom. The first-order valence-corrected chi connectivity index (χ1v) is 8.53. The van der Waals surface area contributed by atoms with Crippen LogP contribution in [-0.4, -0.2) is 7.11 Å². The van der Waals surface area contributed by atoms with Crippen LogP contribution >= 0.6 is 0 Å². The van der Waals surface area contributed by atoms with Crippen LogP contribution in [0, 0.1) is 23.2 Å². The molecule has 1 aromatic rings. The highest BCUT2D eigenvalue weighted by atomic mass is 16.5. The number of ether oxygens (including phenoxy) is 1. The fraction of sp³-hybridized carbons (Fsp3) is 0.600. The van der Waals surface area contributed by atoms with Crippen molar-refractivity contribution in [1.82, 2.24) is 0 Å². The Morgan fingerprint density at radius 1 is 1.19 bits per heavy atom. The van der Waals surface area contributed by atoms with Crippen LogP contribution in [0.4, 0.5) is 0 Å². The topological polar surface area (TPSA) is 9.23 Å². The molecule has 0 N–H and O–H groups in total. The van der Waals surface area contributed by atoms with Crippen molar-refractivity contribution < 1.29 is 4.74 Å².